The summed E-state index contributed by atoms with van der Waals surface area (Å²) in [4.78, 5) is 148. The van der Waals surface area contributed by atoms with Crippen LogP contribution in [0.3, 0.4) is 0 Å². The minimum Gasteiger partial charge on any atom is -0.508 e. The molecule has 0 bridgehead atoms. The Morgan fingerprint density at radius 3 is 2.03 bits per heavy atom. The van der Waals surface area contributed by atoms with Crippen molar-refractivity contribution in [1.82, 2.24) is 42.1 Å². The number of rotatable bonds is 17. The number of likely N-dealkylation sites (tertiary alicyclic amines) is 1. The van der Waals surface area contributed by atoms with Crippen molar-refractivity contribution in [1.29, 1.82) is 0 Å². The number of benzene rings is 1. The van der Waals surface area contributed by atoms with Gasteiger partial charge in [0.25, 0.3) is 0 Å². The monoisotopic (exact) mass is 1010 g/mol. The number of carbonyl (C=O) groups is 11. The van der Waals surface area contributed by atoms with Gasteiger partial charge < -0.3 is 69.5 Å². The van der Waals surface area contributed by atoms with Crippen LogP contribution in [0.25, 0.3) is 0 Å². The number of nitrogens with two attached hydrogens (primary N) is 3. The van der Waals surface area contributed by atoms with Crippen molar-refractivity contribution in [2.75, 3.05) is 24.6 Å². The molecule has 2 fully saturated rings. The van der Waals surface area contributed by atoms with Gasteiger partial charge in [-0.05, 0) is 55.2 Å². The number of aromatic hydroxyl groups is 1. The Balaban J connectivity index is 2.05. The predicted octanol–water partition coefficient (Wildman–Crippen LogP) is -3.01. The second kappa shape index (κ2) is 27.7. The second-order valence-electron chi connectivity index (χ2n) is 17.3. The number of phenols is 1. The first kappa shape index (κ1) is 57.2. The maximum atomic E-state index is 14.5. The van der Waals surface area contributed by atoms with Gasteiger partial charge in [0.15, 0.2) is 0 Å². The first-order valence-electron chi connectivity index (χ1n) is 22.5. The zero-order valence-corrected chi connectivity index (χ0v) is 40.6. The zero-order valence-electron chi connectivity index (χ0n) is 38.9. The molecule has 24 nitrogen and oxygen atoms in total. The van der Waals surface area contributed by atoms with Crippen LogP contribution in [0.4, 0.5) is 0 Å². The maximum Gasteiger partial charge on any atom is 0.303 e. The summed E-state index contributed by atoms with van der Waals surface area (Å²) < 4.78 is 0. The molecule has 26 heteroatoms. The predicted molar refractivity (Wildman–Crippen MR) is 253 cm³/mol. The van der Waals surface area contributed by atoms with Gasteiger partial charge in [0.2, 0.25) is 59.1 Å². The average Bonchev–Trinajstić information content (AvgIpc) is 3.78. The van der Waals surface area contributed by atoms with E-state index in [4.69, 9.17) is 17.2 Å². The minimum absolute atomic E-state index is 0.0395. The van der Waals surface area contributed by atoms with Crippen LogP contribution in [-0.4, -0.2) is 153 Å². The molecule has 2 heterocycles. The normalized spacial score (nSPS) is 24.3. The van der Waals surface area contributed by atoms with Gasteiger partial charge in [-0.15, -0.1) is 0 Å². The molecule has 1 unspecified atom stereocenters. The van der Waals surface area contributed by atoms with Gasteiger partial charge >= 0.3 is 5.97 Å². The molecule has 3 rings (SSSR count). The molecular formula is C43H65N11O13S2. The largest absolute Gasteiger partial charge is 0.508 e. The van der Waals surface area contributed by atoms with E-state index in [2.05, 4.69) is 37.2 Å². The molecule has 2 saturated heterocycles. The van der Waals surface area contributed by atoms with E-state index in [-0.39, 0.29) is 49.0 Å². The third-order valence-electron chi connectivity index (χ3n) is 11.3. The lowest BCUT2D eigenvalue weighted by molar-refractivity contribution is -0.142. The molecular weight excluding hydrogens is 943 g/mol. The summed E-state index contributed by atoms with van der Waals surface area (Å²) in [5.74, 6) is -11.2. The molecule has 2 aliphatic rings. The van der Waals surface area contributed by atoms with Crippen molar-refractivity contribution in [3.8, 4) is 5.75 Å². The van der Waals surface area contributed by atoms with Gasteiger partial charge in [0.1, 0.15) is 48.0 Å². The van der Waals surface area contributed by atoms with Crippen molar-refractivity contribution in [2.45, 2.75) is 127 Å². The van der Waals surface area contributed by atoms with E-state index in [1.165, 1.54) is 29.2 Å². The molecule has 0 radical (unpaired) electrons. The van der Waals surface area contributed by atoms with Gasteiger partial charge in [0, 0.05) is 30.9 Å². The third-order valence-corrected chi connectivity index (χ3v) is 13.7. The van der Waals surface area contributed by atoms with E-state index < -0.39 is 145 Å². The van der Waals surface area contributed by atoms with Gasteiger partial charge in [-0.1, -0.05) is 67.8 Å². The molecule has 0 aromatic heterocycles. The highest BCUT2D eigenvalue weighted by atomic mass is 33.1. The van der Waals surface area contributed by atoms with Crippen molar-refractivity contribution < 1.29 is 63.0 Å². The maximum absolute atomic E-state index is 14.5. The number of carboxylic acids is 1. The summed E-state index contributed by atoms with van der Waals surface area (Å²) >= 11 is 0. The van der Waals surface area contributed by atoms with Gasteiger partial charge in [-0.25, -0.2) is 0 Å². The molecule has 0 aliphatic carbocycles. The van der Waals surface area contributed by atoms with Crippen LogP contribution >= 0.6 is 21.6 Å². The van der Waals surface area contributed by atoms with Crippen molar-refractivity contribution in [2.24, 2.45) is 29.0 Å². The lowest BCUT2D eigenvalue weighted by atomic mass is 9.96. The van der Waals surface area contributed by atoms with Crippen molar-refractivity contribution in [3.63, 3.8) is 0 Å². The lowest BCUT2D eigenvalue weighted by Crippen LogP contribution is -2.61. The Kier molecular flexibility index (Phi) is 23.0. The Morgan fingerprint density at radius 2 is 1.42 bits per heavy atom. The molecule has 0 saturated carbocycles. The van der Waals surface area contributed by atoms with E-state index >= 15 is 0 Å². The van der Waals surface area contributed by atoms with Crippen LogP contribution in [0.5, 0.6) is 5.75 Å². The summed E-state index contributed by atoms with van der Waals surface area (Å²) in [6, 6.07) is -5.29. The quantitative estimate of drug-likeness (QED) is 0.0692. The summed E-state index contributed by atoms with van der Waals surface area (Å²) in [7, 11) is 2.02. The summed E-state index contributed by atoms with van der Waals surface area (Å²) in [6.45, 7) is 6.54. The zero-order chi connectivity index (χ0) is 51.5. The first-order chi connectivity index (χ1) is 32.5. The van der Waals surface area contributed by atoms with Crippen LogP contribution < -0.4 is 54.4 Å². The number of nitrogens with zero attached hydrogens (tertiary/aromatic N) is 1. The van der Waals surface area contributed by atoms with E-state index in [9.17, 15) is 63.0 Å². The molecule has 382 valence electrons. The molecule has 2 aliphatic heterocycles. The van der Waals surface area contributed by atoms with E-state index in [0.29, 0.717) is 18.4 Å². The average molecular weight is 1010 g/mol. The highest BCUT2D eigenvalue weighted by Gasteiger charge is 2.41. The fourth-order valence-corrected chi connectivity index (χ4v) is 9.60. The number of primary amides is 2. The van der Waals surface area contributed by atoms with Crippen LogP contribution in [0.1, 0.15) is 78.2 Å². The topological polar surface area (TPSA) is 394 Å². The SMILES string of the molecule is CC[C@H](C)[C@@H]1NC(=O)[C@H](Cc2ccc(O)cc2)NC(=O)[C@@H](N)CSSC[C@@H](C(=O)N2CCC[C@H]2C(=O)N[C@@H](CC(C)C)C(=O)NCC(N)=O)NC(=O)[C@H](CC(N)=O)NC(=O)C(CCC(=O)O)NC1=O. The van der Waals surface area contributed by atoms with Gasteiger partial charge in [0.05, 0.1) is 19.0 Å². The van der Waals surface area contributed by atoms with Crippen LogP contribution in [0, 0.1) is 11.8 Å². The van der Waals surface area contributed by atoms with Crippen LogP contribution in [-0.2, 0) is 59.2 Å². The highest BCUT2D eigenvalue weighted by Crippen LogP contribution is 2.26. The number of amides is 10. The second-order valence-corrected chi connectivity index (χ2v) is 19.9. The Morgan fingerprint density at radius 1 is 0.812 bits per heavy atom. The van der Waals surface area contributed by atoms with Crippen molar-refractivity contribution in [3.05, 3.63) is 29.8 Å². The summed E-state index contributed by atoms with van der Waals surface area (Å²) in [5.41, 5.74) is 17.5. The third kappa shape index (κ3) is 18.7. The molecule has 1 aromatic carbocycles. The first-order valence-corrected chi connectivity index (χ1v) is 25.0. The van der Waals surface area contributed by atoms with E-state index in [1.807, 2.05) is 13.8 Å². The highest BCUT2D eigenvalue weighted by molar-refractivity contribution is 8.76. The molecule has 1 aromatic rings. The van der Waals surface area contributed by atoms with Crippen LogP contribution in [0.2, 0.25) is 0 Å². The van der Waals surface area contributed by atoms with E-state index in [0.717, 1.165) is 21.6 Å². The number of carboxylic acid groups (broad SMARTS) is 1. The number of aliphatic carboxylic acids is 1. The Hall–Kier alpha value is -6.15. The minimum atomic E-state index is -1.78. The van der Waals surface area contributed by atoms with Crippen molar-refractivity contribution >= 4 is 86.6 Å². The van der Waals surface area contributed by atoms with Gasteiger partial charge in [-0.3, -0.25) is 52.7 Å². The lowest BCUT2D eigenvalue weighted by Gasteiger charge is -2.31. The molecule has 10 amide bonds. The number of nitrogens with one attached hydrogen (secondary N) is 7. The number of carbonyl (C=O) groups excluding carboxylic acids is 10. The summed E-state index contributed by atoms with van der Waals surface area (Å²) in [6.07, 6.45) is -1.12. The number of phenolic OH excluding ortho intramolecular Hbond substituents is 1. The fourth-order valence-electron chi connectivity index (χ4n) is 7.32. The smallest absolute Gasteiger partial charge is 0.303 e. The Labute approximate surface area is 407 Å². The Bertz CT molecular complexity index is 2050. The molecule has 15 N–H and O–H groups in total. The standard InChI is InChI=1S/C43H65N11O13S2/c1-5-22(4)35-42(66)48-26(12-13-34(58)59)38(62)50-29(17-32(45)56)39(63)52-30(20-69-68-19-25(44)36(60)49-28(40(64)53-35)16-23-8-10-24(55)11-9-23)43(67)54-14-6-7-31(54)41(65)51-27(15-21(2)3)37(61)47-18-33(46)57/h8-11,21-22,25-31,35,55H,5-7,12-20,44H2,1-4H3,(H2,45,56)(H2,46,57)(H,47,61)(H,48,66)(H,49,60)(H,50,62)(H,51,65)(H,52,63)(H,53,64)(H,58,59)/t22-,25-,26?,27-,28-,29-,30-,31-,35-/m0/s1. The van der Waals surface area contributed by atoms with Gasteiger partial charge in [-0.2, -0.15) is 0 Å². The fraction of sp³-hybridized carbons (Fsp3) is 0.605. The molecule has 9 atom stereocenters. The summed E-state index contributed by atoms with van der Waals surface area (Å²) in [5, 5.41) is 37.1. The molecule has 0 spiro atoms. The number of hydrogen-bond acceptors (Lipinski definition) is 15. The molecule has 69 heavy (non-hydrogen) atoms. The van der Waals surface area contributed by atoms with Crippen LogP contribution in [0.15, 0.2) is 24.3 Å². The number of hydrogen-bond donors (Lipinski definition) is 12. The van der Waals surface area contributed by atoms with E-state index in [1.54, 1.807) is 13.8 Å².